The summed E-state index contributed by atoms with van der Waals surface area (Å²) in [6.45, 7) is 5.34. The molecule has 2 aromatic heterocycles. The Labute approximate surface area is 169 Å². The highest BCUT2D eigenvalue weighted by atomic mass is 16.5. The number of ether oxygens (including phenoxy) is 1. The van der Waals surface area contributed by atoms with Crippen LogP contribution in [-0.4, -0.2) is 34.7 Å². The van der Waals surface area contributed by atoms with Gasteiger partial charge < -0.3 is 20.4 Å². The number of amides is 1. The van der Waals surface area contributed by atoms with Gasteiger partial charge in [0.05, 0.1) is 18.2 Å². The van der Waals surface area contributed by atoms with Crippen LogP contribution in [0.25, 0.3) is 22.0 Å². The number of nitrogens with two attached hydrogens (primary N) is 1. The molecular formula is C22H26N4O3. The van der Waals surface area contributed by atoms with E-state index < -0.39 is 11.9 Å². The maximum atomic E-state index is 13.1. The van der Waals surface area contributed by atoms with Gasteiger partial charge in [0.2, 0.25) is 5.91 Å². The molecule has 7 heteroatoms. The van der Waals surface area contributed by atoms with E-state index in [2.05, 4.69) is 10.3 Å². The SMILES string of the molecule is CCOCCn1c(=O)c(CN[C@@H](C)C(N)=O)cc2ccc(-c3cccnc3)cc21. The largest absolute Gasteiger partial charge is 0.380 e. The second-order valence-electron chi connectivity index (χ2n) is 6.84. The van der Waals surface area contributed by atoms with Crippen LogP contribution in [0, 0.1) is 0 Å². The highest BCUT2D eigenvalue weighted by Crippen LogP contribution is 2.24. The number of nitrogens with zero attached hydrogens (tertiary/aromatic N) is 2. The van der Waals surface area contributed by atoms with Crippen LogP contribution in [0.5, 0.6) is 0 Å². The zero-order chi connectivity index (χ0) is 20.8. The van der Waals surface area contributed by atoms with Crippen LogP contribution in [0.2, 0.25) is 0 Å². The van der Waals surface area contributed by atoms with E-state index in [9.17, 15) is 9.59 Å². The van der Waals surface area contributed by atoms with Crippen molar-refractivity contribution in [2.45, 2.75) is 33.0 Å². The molecular weight excluding hydrogens is 368 g/mol. The molecule has 0 bridgehead atoms. The normalized spacial score (nSPS) is 12.2. The number of pyridine rings is 2. The Balaban J connectivity index is 2.05. The van der Waals surface area contributed by atoms with Crippen molar-refractivity contribution in [2.75, 3.05) is 13.2 Å². The van der Waals surface area contributed by atoms with Crippen LogP contribution >= 0.6 is 0 Å². The molecule has 3 rings (SSSR count). The van der Waals surface area contributed by atoms with Gasteiger partial charge in [-0.25, -0.2) is 0 Å². The molecule has 7 nitrogen and oxygen atoms in total. The minimum atomic E-state index is -0.519. The van der Waals surface area contributed by atoms with E-state index in [1.54, 1.807) is 23.9 Å². The Hall–Kier alpha value is -3.03. The molecule has 0 radical (unpaired) electrons. The van der Waals surface area contributed by atoms with Gasteiger partial charge in [0, 0.05) is 43.2 Å². The zero-order valence-corrected chi connectivity index (χ0v) is 16.7. The number of carbonyl (C=O) groups excluding carboxylic acids is 1. The first-order valence-corrected chi connectivity index (χ1v) is 9.68. The summed E-state index contributed by atoms with van der Waals surface area (Å²) in [7, 11) is 0. The van der Waals surface area contributed by atoms with Crippen molar-refractivity contribution in [2.24, 2.45) is 5.73 Å². The topological polar surface area (TPSA) is 99.2 Å². The molecule has 0 aliphatic heterocycles. The fourth-order valence-corrected chi connectivity index (χ4v) is 3.16. The smallest absolute Gasteiger partial charge is 0.255 e. The van der Waals surface area contributed by atoms with Crippen molar-refractivity contribution < 1.29 is 9.53 Å². The summed E-state index contributed by atoms with van der Waals surface area (Å²) in [5.74, 6) is -0.455. The highest BCUT2D eigenvalue weighted by Gasteiger charge is 2.13. The molecule has 1 atom stereocenters. The Morgan fingerprint density at radius 2 is 2.10 bits per heavy atom. The summed E-state index contributed by atoms with van der Waals surface area (Å²) >= 11 is 0. The number of rotatable bonds is 9. The van der Waals surface area contributed by atoms with E-state index >= 15 is 0 Å². The number of aromatic nitrogens is 2. The van der Waals surface area contributed by atoms with Gasteiger partial charge in [-0.15, -0.1) is 0 Å². The maximum absolute atomic E-state index is 13.1. The first-order chi connectivity index (χ1) is 14.0. The molecule has 3 aromatic rings. The molecule has 152 valence electrons. The fraction of sp³-hybridized carbons (Fsp3) is 0.318. The Kier molecular flexibility index (Phi) is 6.74. The molecule has 29 heavy (non-hydrogen) atoms. The van der Waals surface area contributed by atoms with Gasteiger partial charge in [-0.05, 0) is 43.0 Å². The molecule has 2 heterocycles. The molecule has 0 aliphatic carbocycles. The predicted octanol–water partition coefficient (Wildman–Crippen LogP) is 2.06. The van der Waals surface area contributed by atoms with Gasteiger partial charge in [-0.1, -0.05) is 18.2 Å². The minimum absolute atomic E-state index is 0.107. The standard InChI is InChI=1S/C22H26N4O3/c1-3-29-10-9-26-20-12-16(18-5-4-8-24-13-18)6-7-17(20)11-19(22(26)28)14-25-15(2)21(23)27/h4-8,11-13,15,25H,3,9-10,14H2,1-2H3,(H2,23,27)/t15-/m0/s1. The number of primary amides is 1. The third kappa shape index (κ3) is 4.88. The van der Waals surface area contributed by atoms with E-state index in [0.29, 0.717) is 25.3 Å². The van der Waals surface area contributed by atoms with Gasteiger partial charge in [0.15, 0.2) is 0 Å². The lowest BCUT2D eigenvalue weighted by Crippen LogP contribution is -2.39. The first kappa shape index (κ1) is 20.7. The second-order valence-corrected chi connectivity index (χ2v) is 6.84. The lowest BCUT2D eigenvalue weighted by Gasteiger charge is -2.16. The number of nitrogens with one attached hydrogen (secondary N) is 1. The molecule has 0 aliphatic rings. The summed E-state index contributed by atoms with van der Waals surface area (Å²) < 4.78 is 7.21. The molecule has 0 saturated carbocycles. The van der Waals surface area contributed by atoms with Crippen molar-refractivity contribution in [3.8, 4) is 11.1 Å². The Morgan fingerprint density at radius 1 is 1.28 bits per heavy atom. The van der Waals surface area contributed by atoms with Crippen molar-refractivity contribution in [1.29, 1.82) is 0 Å². The third-order valence-electron chi connectivity index (χ3n) is 4.85. The van der Waals surface area contributed by atoms with E-state index in [0.717, 1.165) is 22.0 Å². The van der Waals surface area contributed by atoms with E-state index in [1.165, 1.54) is 0 Å². The molecule has 0 spiro atoms. The van der Waals surface area contributed by atoms with Crippen LogP contribution in [0.15, 0.2) is 53.6 Å². The van der Waals surface area contributed by atoms with Gasteiger partial charge in [-0.3, -0.25) is 14.6 Å². The molecule has 0 fully saturated rings. The monoisotopic (exact) mass is 394 g/mol. The molecule has 0 saturated heterocycles. The number of hydrogen-bond acceptors (Lipinski definition) is 5. The molecule has 1 aromatic carbocycles. The van der Waals surface area contributed by atoms with Crippen LogP contribution in [-0.2, 0) is 22.6 Å². The predicted molar refractivity (Wildman–Crippen MR) is 113 cm³/mol. The number of carbonyl (C=O) groups is 1. The quantitative estimate of drug-likeness (QED) is 0.541. The number of fused-ring (bicyclic) bond motifs is 1. The van der Waals surface area contributed by atoms with Gasteiger partial charge in [0.1, 0.15) is 0 Å². The average Bonchev–Trinajstić information content (AvgIpc) is 2.74. The van der Waals surface area contributed by atoms with Crippen LogP contribution < -0.4 is 16.6 Å². The maximum Gasteiger partial charge on any atom is 0.255 e. The summed E-state index contributed by atoms with van der Waals surface area (Å²) in [5.41, 5.74) is 8.59. The van der Waals surface area contributed by atoms with E-state index in [-0.39, 0.29) is 12.1 Å². The van der Waals surface area contributed by atoms with Crippen LogP contribution in [0.1, 0.15) is 19.4 Å². The molecule has 1 amide bonds. The fourth-order valence-electron chi connectivity index (χ4n) is 3.16. The van der Waals surface area contributed by atoms with Crippen LogP contribution in [0.4, 0.5) is 0 Å². The van der Waals surface area contributed by atoms with Crippen LogP contribution in [0.3, 0.4) is 0 Å². The second kappa shape index (κ2) is 9.45. The summed E-state index contributed by atoms with van der Waals surface area (Å²) in [5, 5.41) is 3.95. The Morgan fingerprint density at radius 3 is 2.79 bits per heavy atom. The highest BCUT2D eigenvalue weighted by molar-refractivity contribution is 5.85. The van der Waals surface area contributed by atoms with E-state index in [4.69, 9.17) is 10.5 Å². The number of benzene rings is 1. The van der Waals surface area contributed by atoms with Crippen molar-refractivity contribution >= 4 is 16.8 Å². The molecule has 3 N–H and O–H groups in total. The summed E-state index contributed by atoms with van der Waals surface area (Å²) in [6, 6.07) is 11.2. The van der Waals surface area contributed by atoms with Gasteiger partial charge >= 0.3 is 0 Å². The average molecular weight is 394 g/mol. The van der Waals surface area contributed by atoms with Crippen molar-refractivity contribution in [3.63, 3.8) is 0 Å². The summed E-state index contributed by atoms with van der Waals surface area (Å²) in [4.78, 5) is 28.6. The zero-order valence-electron chi connectivity index (χ0n) is 16.7. The number of hydrogen-bond donors (Lipinski definition) is 2. The Bertz CT molecular complexity index is 1050. The molecule has 0 unspecified atom stereocenters. The van der Waals surface area contributed by atoms with Crippen molar-refractivity contribution in [3.05, 3.63) is 64.7 Å². The van der Waals surface area contributed by atoms with E-state index in [1.807, 2.05) is 43.3 Å². The van der Waals surface area contributed by atoms with Gasteiger partial charge in [-0.2, -0.15) is 0 Å². The first-order valence-electron chi connectivity index (χ1n) is 9.68. The lowest BCUT2D eigenvalue weighted by atomic mass is 10.0. The lowest BCUT2D eigenvalue weighted by molar-refractivity contribution is -0.119. The van der Waals surface area contributed by atoms with Gasteiger partial charge in [0.25, 0.3) is 5.56 Å². The third-order valence-corrected chi connectivity index (χ3v) is 4.85. The van der Waals surface area contributed by atoms with Crippen molar-refractivity contribution in [1.82, 2.24) is 14.9 Å². The minimum Gasteiger partial charge on any atom is -0.380 e. The summed E-state index contributed by atoms with van der Waals surface area (Å²) in [6.07, 6.45) is 3.53.